The Balaban J connectivity index is 1.50. The van der Waals surface area contributed by atoms with E-state index in [0.29, 0.717) is 28.5 Å². The summed E-state index contributed by atoms with van der Waals surface area (Å²) in [6, 6.07) is 18.9. The summed E-state index contributed by atoms with van der Waals surface area (Å²) >= 11 is 1.14. The Kier molecular flexibility index (Phi) is 6.54. The number of rotatable bonds is 6. The minimum Gasteiger partial charge on any atom is -0.507 e. The summed E-state index contributed by atoms with van der Waals surface area (Å²) in [6.07, 6.45) is 0. The van der Waals surface area contributed by atoms with Gasteiger partial charge >= 0.3 is 5.91 Å². The monoisotopic (exact) mass is 515 g/mol. The summed E-state index contributed by atoms with van der Waals surface area (Å²) in [6.45, 7) is 4.12. The number of aryl methyl sites for hydroxylation is 2. The van der Waals surface area contributed by atoms with Crippen LogP contribution in [-0.2, 0) is 16.2 Å². The topological polar surface area (TPSA) is 92.6 Å². The molecule has 0 radical (unpaired) electrons. The number of amides is 1. The standard InChI is InChI=1S/C28H22FN3O4S/c1-16-5-3-4-6-20(16)15-36-22-13-9-19(10-14-22)25(33)23-24(18-7-11-21(29)12-8-18)32(27(35)26(23)34)28-31-30-17(2)37-28/h3-14,24,33H,15H2,1-2H3/t24-/m0/s1. The first kappa shape index (κ1) is 24.3. The van der Waals surface area contributed by atoms with Gasteiger partial charge in [-0.3, -0.25) is 14.5 Å². The number of ketones is 1. The van der Waals surface area contributed by atoms with Crippen molar-refractivity contribution in [2.45, 2.75) is 26.5 Å². The van der Waals surface area contributed by atoms with Gasteiger partial charge in [0, 0.05) is 5.56 Å². The molecule has 0 saturated carbocycles. The van der Waals surface area contributed by atoms with E-state index in [0.717, 1.165) is 22.5 Å². The Labute approximate surface area is 216 Å². The number of anilines is 1. The number of halogens is 1. The lowest BCUT2D eigenvalue weighted by Crippen LogP contribution is -2.29. The molecule has 5 rings (SSSR count). The van der Waals surface area contributed by atoms with Crippen LogP contribution in [0.1, 0.15) is 33.3 Å². The largest absolute Gasteiger partial charge is 0.507 e. The van der Waals surface area contributed by atoms with Gasteiger partial charge < -0.3 is 9.84 Å². The Morgan fingerprint density at radius 2 is 1.70 bits per heavy atom. The van der Waals surface area contributed by atoms with Crippen LogP contribution in [0, 0.1) is 19.7 Å². The summed E-state index contributed by atoms with van der Waals surface area (Å²) in [5.41, 5.74) is 2.85. The third kappa shape index (κ3) is 4.73. The summed E-state index contributed by atoms with van der Waals surface area (Å²) in [5, 5.41) is 20.0. The third-order valence-corrected chi connectivity index (χ3v) is 6.97. The highest BCUT2D eigenvalue weighted by Crippen LogP contribution is 2.43. The quantitative estimate of drug-likeness (QED) is 0.207. The van der Waals surface area contributed by atoms with Gasteiger partial charge in [0.25, 0.3) is 5.78 Å². The van der Waals surface area contributed by atoms with Gasteiger partial charge in [-0.15, -0.1) is 10.2 Å². The number of aliphatic hydroxyl groups excluding tert-OH is 1. The second-order valence-corrected chi connectivity index (χ2v) is 9.72. The zero-order valence-electron chi connectivity index (χ0n) is 20.0. The number of carbonyl (C=O) groups excluding carboxylic acids is 2. The van der Waals surface area contributed by atoms with E-state index in [9.17, 15) is 19.1 Å². The third-order valence-electron chi connectivity index (χ3n) is 6.13. The molecule has 1 aliphatic rings. The van der Waals surface area contributed by atoms with Crippen molar-refractivity contribution in [3.63, 3.8) is 0 Å². The molecule has 3 aromatic carbocycles. The van der Waals surface area contributed by atoms with Crippen LogP contribution in [0.2, 0.25) is 0 Å². The Bertz CT molecular complexity index is 1510. The van der Waals surface area contributed by atoms with Gasteiger partial charge in [-0.25, -0.2) is 4.39 Å². The number of ether oxygens (including phenoxy) is 1. The van der Waals surface area contributed by atoms with Crippen molar-refractivity contribution in [3.05, 3.63) is 111 Å². The van der Waals surface area contributed by atoms with Gasteiger partial charge in [-0.2, -0.15) is 0 Å². The predicted molar refractivity (Wildman–Crippen MR) is 138 cm³/mol. The molecule has 1 atom stereocenters. The van der Waals surface area contributed by atoms with Crippen LogP contribution in [0.4, 0.5) is 9.52 Å². The van der Waals surface area contributed by atoms with E-state index in [1.54, 1.807) is 31.2 Å². The molecule has 7 nitrogen and oxygen atoms in total. The number of nitrogens with zero attached hydrogens (tertiary/aromatic N) is 3. The molecule has 0 bridgehead atoms. The van der Waals surface area contributed by atoms with Crippen LogP contribution in [0.15, 0.2) is 78.4 Å². The summed E-state index contributed by atoms with van der Waals surface area (Å²) in [7, 11) is 0. The van der Waals surface area contributed by atoms with Crippen molar-refractivity contribution in [1.82, 2.24) is 10.2 Å². The number of benzene rings is 3. The van der Waals surface area contributed by atoms with Crippen molar-refractivity contribution in [2.24, 2.45) is 0 Å². The molecule has 1 N–H and O–H groups in total. The average molecular weight is 516 g/mol. The van der Waals surface area contributed by atoms with Crippen LogP contribution in [0.5, 0.6) is 5.75 Å². The van der Waals surface area contributed by atoms with Crippen molar-refractivity contribution >= 4 is 33.9 Å². The summed E-state index contributed by atoms with van der Waals surface area (Å²) in [5.74, 6) is -1.93. The molecule has 186 valence electrons. The molecule has 1 aromatic heterocycles. The zero-order valence-corrected chi connectivity index (χ0v) is 20.8. The molecule has 9 heteroatoms. The highest BCUT2D eigenvalue weighted by molar-refractivity contribution is 7.15. The fraction of sp³-hybridized carbons (Fsp3) is 0.143. The van der Waals surface area contributed by atoms with E-state index in [2.05, 4.69) is 10.2 Å². The normalized spacial score (nSPS) is 16.8. The lowest BCUT2D eigenvalue weighted by Gasteiger charge is -2.22. The number of hydrogen-bond acceptors (Lipinski definition) is 7. The molecule has 1 saturated heterocycles. The van der Waals surface area contributed by atoms with Gasteiger partial charge in [0.2, 0.25) is 5.13 Å². The van der Waals surface area contributed by atoms with Gasteiger partial charge in [0.15, 0.2) is 0 Å². The summed E-state index contributed by atoms with van der Waals surface area (Å²) < 4.78 is 19.5. The maximum atomic E-state index is 13.7. The first-order valence-corrected chi connectivity index (χ1v) is 12.3. The maximum Gasteiger partial charge on any atom is 0.301 e. The summed E-state index contributed by atoms with van der Waals surface area (Å²) in [4.78, 5) is 27.5. The second-order valence-electron chi connectivity index (χ2n) is 8.56. The molecule has 2 heterocycles. The smallest absolute Gasteiger partial charge is 0.301 e. The number of hydrogen-bond donors (Lipinski definition) is 1. The molecule has 0 spiro atoms. The molecular formula is C28H22FN3O4S. The van der Waals surface area contributed by atoms with Gasteiger partial charge in [0.05, 0.1) is 11.6 Å². The van der Waals surface area contributed by atoms with E-state index in [4.69, 9.17) is 4.74 Å². The van der Waals surface area contributed by atoms with Crippen LogP contribution in [0.3, 0.4) is 0 Å². The molecule has 4 aromatic rings. The van der Waals surface area contributed by atoms with Crippen LogP contribution in [0.25, 0.3) is 5.76 Å². The first-order chi connectivity index (χ1) is 17.8. The minimum absolute atomic E-state index is 0.113. The number of Topliss-reactive ketones (excluding diaryl/α,β-unsaturated/α-hetero) is 1. The Morgan fingerprint density at radius 1 is 1.00 bits per heavy atom. The van der Waals surface area contributed by atoms with Crippen molar-refractivity contribution in [2.75, 3.05) is 4.90 Å². The zero-order chi connectivity index (χ0) is 26.1. The fourth-order valence-corrected chi connectivity index (χ4v) is 4.89. The lowest BCUT2D eigenvalue weighted by atomic mass is 9.95. The number of carbonyl (C=O) groups is 2. The Morgan fingerprint density at radius 3 is 2.35 bits per heavy atom. The predicted octanol–water partition coefficient (Wildman–Crippen LogP) is 5.50. The van der Waals surface area contributed by atoms with Crippen molar-refractivity contribution in [1.29, 1.82) is 0 Å². The van der Waals surface area contributed by atoms with E-state index in [-0.39, 0.29) is 16.5 Å². The second kappa shape index (κ2) is 9.94. The van der Waals surface area contributed by atoms with E-state index in [1.165, 1.54) is 29.2 Å². The van der Waals surface area contributed by atoms with E-state index >= 15 is 0 Å². The van der Waals surface area contributed by atoms with E-state index in [1.807, 2.05) is 31.2 Å². The lowest BCUT2D eigenvalue weighted by molar-refractivity contribution is -0.132. The Hall–Kier alpha value is -4.37. The van der Waals surface area contributed by atoms with Crippen LogP contribution < -0.4 is 9.64 Å². The SMILES string of the molecule is Cc1nnc(N2C(=O)C(=O)C(=C(O)c3ccc(OCc4ccccc4C)cc3)[C@@H]2c2ccc(F)cc2)s1. The highest BCUT2D eigenvalue weighted by Gasteiger charge is 2.48. The van der Waals surface area contributed by atoms with Crippen LogP contribution >= 0.6 is 11.3 Å². The molecule has 37 heavy (non-hydrogen) atoms. The van der Waals surface area contributed by atoms with Gasteiger partial charge in [0.1, 0.15) is 28.9 Å². The molecule has 0 aliphatic carbocycles. The number of aliphatic hydroxyl groups is 1. The molecular weight excluding hydrogens is 493 g/mol. The maximum absolute atomic E-state index is 13.7. The van der Waals surface area contributed by atoms with Gasteiger partial charge in [-0.05, 0) is 66.9 Å². The highest BCUT2D eigenvalue weighted by atomic mass is 32.1. The fourth-order valence-electron chi connectivity index (χ4n) is 4.17. The molecule has 1 aliphatic heterocycles. The minimum atomic E-state index is -0.995. The average Bonchev–Trinajstić information content (AvgIpc) is 3.44. The first-order valence-electron chi connectivity index (χ1n) is 11.5. The van der Waals surface area contributed by atoms with Crippen molar-refractivity contribution in [3.8, 4) is 5.75 Å². The van der Waals surface area contributed by atoms with E-state index < -0.39 is 23.5 Å². The molecule has 1 fully saturated rings. The molecule has 1 amide bonds. The molecule has 0 unspecified atom stereocenters. The van der Waals surface area contributed by atoms with Gasteiger partial charge in [-0.1, -0.05) is 47.7 Å². The number of aromatic nitrogens is 2. The van der Waals surface area contributed by atoms with Crippen LogP contribution in [-0.4, -0.2) is 27.0 Å². The van der Waals surface area contributed by atoms with Crippen molar-refractivity contribution < 1.29 is 23.8 Å².